The van der Waals surface area contributed by atoms with Gasteiger partial charge >= 0.3 is 0 Å². The maximum atomic E-state index is 14.2. The molecule has 5 nitrogen and oxygen atoms in total. The number of halogens is 2. The van der Waals surface area contributed by atoms with Crippen molar-refractivity contribution in [3.8, 4) is 11.1 Å². The van der Waals surface area contributed by atoms with Crippen LogP contribution in [0, 0.1) is 11.9 Å². The normalized spacial score (nSPS) is 14.6. The monoisotopic (exact) mass is 332 g/mol. The van der Waals surface area contributed by atoms with E-state index in [2.05, 4.69) is 15.3 Å². The third-order valence-corrected chi connectivity index (χ3v) is 4.49. The van der Waals surface area contributed by atoms with E-state index in [1.165, 1.54) is 12.8 Å². The quantitative estimate of drug-likeness (QED) is 0.745. The molecule has 0 spiro atoms. The highest BCUT2D eigenvalue weighted by Gasteiger charge is 2.24. The summed E-state index contributed by atoms with van der Waals surface area (Å²) < 4.78 is 16.0. The Balaban J connectivity index is 1.80. The fourth-order valence-electron chi connectivity index (χ4n) is 2.65. The standard InChI is InChI=1S/C16H14ClFN4O/c17-14-11(12-4-3-10(8-23)19-16(12)18)5-6-13-15(14)20-21-22(13)7-9-1-2-9/h3-6,9,23H,1-2,7-8H2. The first-order valence-corrected chi connectivity index (χ1v) is 7.83. The van der Waals surface area contributed by atoms with Crippen LogP contribution >= 0.6 is 11.6 Å². The molecular weight excluding hydrogens is 319 g/mol. The van der Waals surface area contributed by atoms with Gasteiger partial charge in [-0.05, 0) is 37.0 Å². The van der Waals surface area contributed by atoms with E-state index in [0.29, 0.717) is 22.0 Å². The zero-order chi connectivity index (χ0) is 16.0. The molecule has 118 valence electrons. The molecule has 1 fully saturated rings. The Kier molecular flexibility index (Phi) is 3.50. The molecule has 0 atom stereocenters. The smallest absolute Gasteiger partial charge is 0.221 e. The lowest BCUT2D eigenvalue weighted by Gasteiger charge is -2.07. The first kappa shape index (κ1) is 14.5. The predicted octanol–water partition coefficient (Wildman–Crippen LogP) is 3.19. The van der Waals surface area contributed by atoms with Gasteiger partial charge in [0.2, 0.25) is 5.95 Å². The number of aliphatic hydroxyl groups is 1. The van der Waals surface area contributed by atoms with Gasteiger partial charge in [-0.3, -0.25) is 0 Å². The van der Waals surface area contributed by atoms with Gasteiger partial charge < -0.3 is 5.11 Å². The summed E-state index contributed by atoms with van der Waals surface area (Å²) in [5.74, 6) is 0.00851. The van der Waals surface area contributed by atoms with Gasteiger partial charge in [0, 0.05) is 17.7 Å². The Morgan fingerprint density at radius 2 is 2.00 bits per heavy atom. The minimum absolute atomic E-state index is 0.277. The van der Waals surface area contributed by atoms with Crippen LogP contribution in [0.1, 0.15) is 18.5 Å². The van der Waals surface area contributed by atoms with Crippen LogP contribution < -0.4 is 0 Å². The van der Waals surface area contributed by atoms with Crippen molar-refractivity contribution in [3.05, 3.63) is 40.9 Å². The van der Waals surface area contributed by atoms with Gasteiger partial charge in [0.15, 0.2) is 0 Å². The van der Waals surface area contributed by atoms with Gasteiger partial charge in [-0.2, -0.15) is 4.39 Å². The van der Waals surface area contributed by atoms with Crippen LogP contribution in [0.2, 0.25) is 5.02 Å². The number of nitrogens with zero attached hydrogens (tertiary/aromatic N) is 4. The highest BCUT2D eigenvalue weighted by Crippen LogP contribution is 2.36. The minimum atomic E-state index is -0.664. The van der Waals surface area contributed by atoms with Crippen LogP contribution in [-0.2, 0) is 13.2 Å². The number of rotatable bonds is 4. The number of pyridine rings is 1. The lowest BCUT2D eigenvalue weighted by Crippen LogP contribution is -2.01. The van der Waals surface area contributed by atoms with Gasteiger partial charge in [0.1, 0.15) is 5.52 Å². The summed E-state index contributed by atoms with van der Waals surface area (Å²) in [6.45, 7) is 0.534. The van der Waals surface area contributed by atoms with Crippen LogP contribution in [-0.4, -0.2) is 25.1 Å². The fraction of sp³-hybridized carbons (Fsp3) is 0.312. The molecule has 0 bridgehead atoms. The number of fused-ring (bicyclic) bond motifs is 1. The zero-order valence-corrected chi connectivity index (χ0v) is 13.0. The first-order valence-electron chi connectivity index (χ1n) is 7.45. The SMILES string of the molecule is OCc1ccc(-c2ccc3c(nnn3CC3CC3)c2Cl)c(F)n1. The summed E-state index contributed by atoms with van der Waals surface area (Å²) >= 11 is 6.43. The van der Waals surface area contributed by atoms with Crippen molar-refractivity contribution in [2.75, 3.05) is 0 Å². The van der Waals surface area contributed by atoms with Gasteiger partial charge in [-0.25, -0.2) is 9.67 Å². The summed E-state index contributed by atoms with van der Waals surface area (Å²) in [5, 5.41) is 17.7. The Hall–Kier alpha value is -2.05. The van der Waals surface area contributed by atoms with E-state index in [0.717, 1.165) is 12.1 Å². The molecular formula is C16H14ClFN4O. The van der Waals surface area contributed by atoms with E-state index in [1.54, 1.807) is 18.2 Å². The number of aliphatic hydroxyl groups excluding tert-OH is 1. The third kappa shape index (κ3) is 2.58. The lowest BCUT2D eigenvalue weighted by atomic mass is 10.1. The molecule has 4 rings (SSSR count). The van der Waals surface area contributed by atoms with Crippen molar-refractivity contribution in [2.45, 2.75) is 26.0 Å². The molecule has 1 aliphatic rings. The fourth-order valence-corrected chi connectivity index (χ4v) is 2.95. The van der Waals surface area contributed by atoms with Crippen LogP contribution in [0.15, 0.2) is 24.3 Å². The summed E-state index contributed by atoms with van der Waals surface area (Å²) in [6.07, 6.45) is 2.45. The molecule has 0 saturated heterocycles. The second-order valence-electron chi connectivity index (χ2n) is 5.81. The van der Waals surface area contributed by atoms with E-state index >= 15 is 0 Å². The van der Waals surface area contributed by atoms with Gasteiger partial charge in [-0.1, -0.05) is 22.9 Å². The Morgan fingerprint density at radius 3 is 2.70 bits per heavy atom. The van der Waals surface area contributed by atoms with E-state index in [-0.39, 0.29) is 17.9 Å². The van der Waals surface area contributed by atoms with Crippen LogP contribution in [0.3, 0.4) is 0 Å². The predicted molar refractivity (Wildman–Crippen MR) is 84.4 cm³/mol. The first-order chi connectivity index (χ1) is 11.2. The molecule has 0 aliphatic heterocycles. The average Bonchev–Trinajstić information content (AvgIpc) is 3.27. The molecule has 7 heteroatoms. The molecule has 0 unspecified atom stereocenters. The average molecular weight is 333 g/mol. The zero-order valence-electron chi connectivity index (χ0n) is 12.2. The van der Waals surface area contributed by atoms with E-state index in [4.69, 9.17) is 16.7 Å². The maximum absolute atomic E-state index is 14.2. The highest BCUT2D eigenvalue weighted by atomic mass is 35.5. The van der Waals surface area contributed by atoms with E-state index in [9.17, 15) is 4.39 Å². The van der Waals surface area contributed by atoms with Gasteiger partial charge in [-0.15, -0.1) is 5.10 Å². The summed E-state index contributed by atoms with van der Waals surface area (Å²) in [6, 6.07) is 6.76. The summed E-state index contributed by atoms with van der Waals surface area (Å²) in [7, 11) is 0. The van der Waals surface area contributed by atoms with Crippen molar-refractivity contribution in [3.63, 3.8) is 0 Å². The lowest BCUT2D eigenvalue weighted by molar-refractivity contribution is 0.275. The molecule has 0 amide bonds. The maximum Gasteiger partial charge on any atom is 0.221 e. The van der Waals surface area contributed by atoms with Crippen LogP contribution in [0.4, 0.5) is 4.39 Å². The number of hydrogen-bond donors (Lipinski definition) is 1. The molecule has 2 heterocycles. The largest absolute Gasteiger partial charge is 0.390 e. The number of benzene rings is 1. The van der Waals surface area contributed by atoms with Crippen LogP contribution in [0.25, 0.3) is 22.2 Å². The molecule has 1 aliphatic carbocycles. The van der Waals surface area contributed by atoms with Gasteiger partial charge in [0.25, 0.3) is 0 Å². The number of hydrogen-bond acceptors (Lipinski definition) is 4. The second kappa shape index (κ2) is 5.54. The number of aromatic nitrogens is 4. The Bertz CT molecular complexity index is 891. The van der Waals surface area contributed by atoms with E-state index in [1.807, 2.05) is 10.7 Å². The molecule has 1 aromatic carbocycles. The van der Waals surface area contributed by atoms with Crippen molar-refractivity contribution in [2.24, 2.45) is 5.92 Å². The Labute approximate surface area is 136 Å². The van der Waals surface area contributed by atoms with Crippen molar-refractivity contribution in [1.29, 1.82) is 0 Å². The minimum Gasteiger partial charge on any atom is -0.390 e. The summed E-state index contributed by atoms with van der Waals surface area (Å²) in [5.41, 5.74) is 2.50. The van der Waals surface area contributed by atoms with Crippen molar-refractivity contribution >= 4 is 22.6 Å². The Morgan fingerprint density at radius 1 is 1.22 bits per heavy atom. The van der Waals surface area contributed by atoms with Crippen molar-refractivity contribution < 1.29 is 9.50 Å². The summed E-state index contributed by atoms with van der Waals surface area (Å²) in [4.78, 5) is 3.73. The highest BCUT2D eigenvalue weighted by molar-refractivity contribution is 6.37. The molecule has 1 N–H and O–H groups in total. The van der Waals surface area contributed by atoms with Crippen LogP contribution in [0.5, 0.6) is 0 Å². The van der Waals surface area contributed by atoms with Crippen molar-refractivity contribution in [1.82, 2.24) is 20.0 Å². The second-order valence-corrected chi connectivity index (χ2v) is 6.19. The molecule has 1 saturated carbocycles. The molecule has 3 aromatic rings. The third-order valence-electron chi connectivity index (χ3n) is 4.11. The topological polar surface area (TPSA) is 63.8 Å². The molecule has 23 heavy (non-hydrogen) atoms. The molecule has 0 radical (unpaired) electrons. The van der Waals surface area contributed by atoms with E-state index < -0.39 is 5.95 Å². The van der Waals surface area contributed by atoms with Gasteiger partial charge in [0.05, 0.1) is 22.8 Å². The molecule has 2 aromatic heterocycles.